The third kappa shape index (κ3) is 4.89. The molecule has 0 aromatic rings. The zero-order chi connectivity index (χ0) is 6.24. The van der Waals surface area contributed by atoms with Crippen molar-refractivity contribution in [1.29, 1.82) is 0 Å². The van der Waals surface area contributed by atoms with Crippen LogP contribution >= 0.6 is 0 Å². The van der Waals surface area contributed by atoms with E-state index in [0.29, 0.717) is 0 Å². The van der Waals surface area contributed by atoms with E-state index in [1.54, 1.807) is 0 Å². The number of rotatable bonds is 2. The molecule has 0 rings (SSSR count). The lowest BCUT2D eigenvalue weighted by Crippen LogP contribution is -1.68. The van der Waals surface area contributed by atoms with E-state index in [-0.39, 0.29) is 6.67 Å². The van der Waals surface area contributed by atoms with Gasteiger partial charge in [0.2, 0.25) is 6.08 Å². The number of carbonyl (C=O) groups excluding carboxylic acids is 1. The second-order valence-corrected chi connectivity index (χ2v) is 0.845. The van der Waals surface area contributed by atoms with Crippen molar-refractivity contribution in [3.05, 3.63) is 5.98 Å². The zero-order valence-electron chi connectivity index (χ0n) is 4.16. The van der Waals surface area contributed by atoms with Crippen molar-refractivity contribution >= 4 is 19.8 Å². The summed E-state index contributed by atoms with van der Waals surface area (Å²) >= 11 is 0. The topological polar surface area (TPSA) is 41.8 Å². The lowest BCUT2D eigenvalue weighted by molar-refractivity contribution is 0.563. The van der Waals surface area contributed by atoms with E-state index in [1.807, 2.05) is 0 Å². The maximum Gasteiger partial charge on any atom is 0.236 e. The summed E-state index contributed by atoms with van der Waals surface area (Å²) in [6, 6.07) is 0. The Hall–Kier alpha value is -1.11. The Labute approximate surface area is 48.2 Å². The molecule has 0 N–H and O–H groups in total. The Morgan fingerprint density at radius 1 is 1.62 bits per heavy atom. The summed E-state index contributed by atoms with van der Waals surface area (Å²) in [5.41, 5.74) is 0. The average Bonchev–Trinajstić information content (AvgIpc) is 1.81. The van der Waals surface area contributed by atoms with Gasteiger partial charge in [-0.2, -0.15) is 4.99 Å². The summed E-state index contributed by atoms with van der Waals surface area (Å²) in [5.74, 6) is 3.43. The second kappa shape index (κ2) is 5.89. The van der Waals surface area contributed by atoms with Crippen LogP contribution in [0.2, 0.25) is 0 Å². The normalized spacial score (nSPS) is 6.00. The van der Waals surface area contributed by atoms with Gasteiger partial charge in [0, 0.05) is 0 Å². The number of hydrogen-bond acceptors (Lipinski definition) is 3. The molecule has 3 nitrogen and oxygen atoms in total. The largest absolute Gasteiger partial charge is 0.236 e. The van der Waals surface area contributed by atoms with Crippen LogP contribution < -0.4 is 0 Å². The molecule has 0 aromatic heterocycles. The second-order valence-electron chi connectivity index (χ2n) is 0.845. The molecular formula is C4H3BN2O. The molecule has 0 aliphatic rings. The van der Waals surface area contributed by atoms with Crippen molar-refractivity contribution < 1.29 is 4.79 Å². The van der Waals surface area contributed by atoms with Crippen molar-refractivity contribution in [3.63, 3.8) is 0 Å². The summed E-state index contributed by atoms with van der Waals surface area (Å²) in [5, 5.41) is 0. The SMILES string of the molecule is [B]C=C=NCN=C=O. The highest BCUT2D eigenvalue weighted by molar-refractivity contribution is 6.21. The van der Waals surface area contributed by atoms with E-state index in [1.165, 1.54) is 6.08 Å². The lowest BCUT2D eigenvalue weighted by atomic mass is 10.2. The van der Waals surface area contributed by atoms with E-state index in [4.69, 9.17) is 7.85 Å². The van der Waals surface area contributed by atoms with Gasteiger partial charge >= 0.3 is 0 Å². The van der Waals surface area contributed by atoms with Gasteiger partial charge in [0.1, 0.15) is 7.85 Å². The fourth-order valence-electron chi connectivity index (χ4n) is 0.158. The van der Waals surface area contributed by atoms with Crippen LogP contribution in [0.3, 0.4) is 0 Å². The third-order valence-corrected chi connectivity index (χ3v) is 0.372. The average molecular weight is 106 g/mol. The van der Waals surface area contributed by atoms with Crippen LogP contribution in [0.15, 0.2) is 16.0 Å². The Balaban J connectivity index is 3.45. The van der Waals surface area contributed by atoms with Crippen LogP contribution in [0.1, 0.15) is 0 Å². The summed E-state index contributed by atoms with van der Waals surface area (Å²) in [6.07, 6.45) is 1.31. The van der Waals surface area contributed by atoms with Gasteiger partial charge in [-0.15, -0.1) is 0 Å². The molecule has 0 aliphatic heterocycles. The zero-order valence-corrected chi connectivity index (χ0v) is 4.16. The van der Waals surface area contributed by atoms with Gasteiger partial charge in [-0.05, 0) is 5.87 Å². The Kier molecular flexibility index (Phi) is 5.08. The Morgan fingerprint density at radius 3 is 2.88 bits per heavy atom. The Morgan fingerprint density at radius 2 is 2.38 bits per heavy atom. The Bertz CT molecular complexity index is 153. The molecule has 0 unspecified atom stereocenters. The molecule has 0 saturated heterocycles. The van der Waals surface area contributed by atoms with Crippen molar-refractivity contribution in [2.24, 2.45) is 9.98 Å². The summed E-state index contributed by atoms with van der Waals surface area (Å²) < 4.78 is 0. The lowest BCUT2D eigenvalue weighted by Gasteiger charge is -1.67. The van der Waals surface area contributed by atoms with Crippen LogP contribution in [0.4, 0.5) is 0 Å². The van der Waals surface area contributed by atoms with Gasteiger partial charge in [0.05, 0.1) is 0 Å². The predicted molar refractivity (Wildman–Crippen MR) is 30.7 cm³/mol. The van der Waals surface area contributed by atoms with Gasteiger partial charge in [-0.1, -0.05) is 5.98 Å². The maximum absolute atomic E-state index is 9.35. The first-order valence-electron chi connectivity index (χ1n) is 1.91. The molecule has 0 amide bonds. The molecule has 0 aromatic carbocycles. The smallest absolute Gasteiger partial charge is 0.220 e. The van der Waals surface area contributed by atoms with Crippen molar-refractivity contribution in [3.8, 4) is 0 Å². The quantitative estimate of drug-likeness (QED) is 0.269. The molecule has 0 atom stereocenters. The monoisotopic (exact) mass is 106 g/mol. The van der Waals surface area contributed by atoms with E-state index in [2.05, 4.69) is 15.9 Å². The molecule has 0 fully saturated rings. The third-order valence-electron chi connectivity index (χ3n) is 0.372. The van der Waals surface area contributed by atoms with Crippen molar-refractivity contribution in [2.45, 2.75) is 0 Å². The number of nitrogens with zero attached hydrogens (tertiary/aromatic N) is 2. The van der Waals surface area contributed by atoms with Crippen LogP contribution in [0.5, 0.6) is 0 Å². The molecule has 4 heteroatoms. The van der Waals surface area contributed by atoms with E-state index >= 15 is 0 Å². The van der Waals surface area contributed by atoms with Crippen LogP contribution in [-0.2, 0) is 4.79 Å². The first kappa shape index (κ1) is 6.89. The molecule has 2 radical (unpaired) electrons. The molecular weight excluding hydrogens is 103 g/mol. The fraction of sp³-hybridized carbons (Fsp3) is 0.250. The number of isocyanates is 1. The molecule has 8 heavy (non-hydrogen) atoms. The van der Waals surface area contributed by atoms with Crippen LogP contribution in [-0.4, -0.2) is 26.5 Å². The van der Waals surface area contributed by atoms with Crippen LogP contribution in [0.25, 0.3) is 0 Å². The van der Waals surface area contributed by atoms with Crippen molar-refractivity contribution in [1.82, 2.24) is 0 Å². The van der Waals surface area contributed by atoms with Gasteiger partial charge in [-0.25, -0.2) is 9.79 Å². The number of hydrogen-bond donors (Lipinski definition) is 0. The summed E-state index contributed by atoms with van der Waals surface area (Å²) in [6.45, 7) is 0.0528. The highest BCUT2D eigenvalue weighted by Gasteiger charge is 1.62. The van der Waals surface area contributed by atoms with Gasteiger partial charge in [0.15, 0.2) is 6.67 Å². The minimum Gasteiger partial charge on any atom is -0.220 e. The predicted octanol–water partition coefficient (Wildman–Crippen LogP) is -0.368. The molecule has 0 heterocycles. The molecule has 0 spiro atoms. The van der Waals surface area contributed by atoms with E-state index in [0.717, 1.165) is 5.98 Å². The van der Waals surface area contributed by atoms with E-state index < -0.39 is 0 Å². The molecule has 0 bridgehead atoms. The first-order valence-corrected chi connectivity index (χ1v) is 1.91. The summed E-state index contributed by atoms with van der Waals surface area (Å²) in [7, 11) is 4.84. The summed E-state index contributed by atoms with van der Waals surface area (Å²) in [4.78, 5) is 15.9. The van der Waals surface area contributed by atoms with Crippen LogP contribution in [0, 0.1) is 0 Å². The fourth-order valence-corrected chi connectivity index (χ4v) is 0.158. The van der Waals surface area contributed by atoms with Gasteiger partial charge < -0.3 is 0 Å². The number of aliphatic imine (C=N–C) groups is 2. The molecule has 38 valence electrons. The molecule has 0 saturated carbocycles. The van der Waals surface area contributed by atoms with Gasteiger partial charge in [0.25, 0.3) is 0 Å². The minimum absolute atomic E-state index is 0.0528. The highest BCUT2D eigenvalue weighted by atomic mass is 16.1. The minimum atomic E-state index is 0.0528. The van der Waals surface area contributed by atoms with Gasteiger partial charge in [-0.3, -0.25) is 0 Å². The maximum atomic E-state index is 9.35. The first-order chi connectivity index (χ1) is 3.91. The molecule has 0 aliphatic carbocycles. The van der Waals surface area contributed by atoms with Crippen molar-refractivity contribution in [2.75, 3.05) is 6.67 Å². The highest BCUT2D eigenvalue weighted by Crippen LogP contribution is 1.62. The van der Waals surface area contributed by atoms with E-state index in [9.17, 15) is 4.79 Å². The standard InChI is InChI=1S/C4H3BN2O/c5-1-2-6-3-7-4-8/h1H,3H2.